The number of nitrogens with two attached hydrogens (primary N) is 1. The summed E-state index contributed by atoms with van der Waals surface area (Å²) in [6.07, 6.45) is 0. The van der Waals surface area contributed by atoms with Crippen molar-refractivity contribution in [3.8, 4) is 17.2 Å². The molecule has 0 saturated heterocycles. The molecule has 0 aliphatic carbocycles. The number of carbonyl (C=O) groups excluding carboxylic acids is 2. The minimum atomic E-state index is -0.625. The average molecular weight is 330 g/mol. The molecule has 7 nitrogen and oxygen atoms in total. The first kappa shape index (κ1) is 17.1. The molecule has 0 aromatic heterocycles. The Morgan fingerprint density at radius 3 is 2.46 bits per heavy atom. The van der Waals surface area contributed by atoms with Crippen LogP contribution in [0.4, 0.5) is 5.69 Å². The summed E-state index contributed by atoms with van der Waals surface area (Å²) in [6.45, 7) is -0.287. The molecule has 0 saturated carbocycles. The fraction of sp³-hybridized carbons (Fsp3) is 0.176. The number of anilines is 1. The summed E-state index contributed by atoms with van der Waals surface area (Å²) in [5.74, 6) is 0.270. The maximum atomic E-state index is 12.1. The lowest BCUT2D eigenvalue weighted by Gasteiger charge is -2.13. The molecule has 0 unspecified atom stereocenters. The number of nitrogens with one attached hydrogen (secondary N) is 1. The molecule has 7 heteroatoms. The van der Waals surface area contributed by atoms with Gasteiger partial charge in [0.25, 0.3) is 11.8 Å². The Balaban J connectivity index is 2.06. The summed E-state index contributed by atoms with van der Waals surface area (Å²) in [7, 11) is 3.02. The number of para-hydroxylation sites is 1. The minimum Gasteiger partial charge on any atom is -0.497 e. The Hall–Kier alpha value is -3.22. The quantitative estimate of drug-likeness (QED) is 0.806. The first-order chi connectivity index (χ1) is 11.5. The molecule has 0 bridgehead atoms. The number of methoxy groups -OCH3 is 2. The van der Waals surface area contributed by atoms with E-state index in [0.29, 0.717) is 17.2 Å². The van der Waals surface area contributed by atoms with E-state index in [4.69, 9.17) is 19.9 Å². The van der Waals surface area contributed by atoms with Crippen LogP contribution in [0.25, 0.3) is 0 Å². The predicted octanol–water partition coefficient (Wildman–Crippen LogP) is 1.82. The number of hydrogen-bond donors (Lipinski definition) is 2. The van der Waals surface area contributed by atoms with Gasteiger partial charge in [0.05, 0.1) is 25.5 Å². The molecule has 2 rings (SSSR count). The third kappa shape index (κ3) is 4.16. The lowest BCUT2D eigenvalue weighted by Crippen LogP contribution is -2.22. The van der Waals surface area contributed by atoms with Gasteiger partial charge in [-0.15, -0.1) is 0 Å². The van der Waals surface area contributed by atoms with Crippen molar-refractivity contribution in [1.29, 1.82) is 0 Å². The zero-order valence-electron chi connectivity index (χ0n) is 13.4. The Labute approximate surface area is 139 Å². The molecule has 2 amide bonds. The molecule has 2 aromatic carbocycles. The van der Waals surface area contributed by atoms with Crippen molar-refractivity contribution in [2.45, 2.75) is 0 Å². The van der Waals surface area contributed by atoms with E-state index in [2.05, 4.69) is 5.32 Å². The minimum absolute atomic E-state index is 0.212. The fourth-order valence-corrected chi connectivity index (χ4v) is 2.04. The molecule has 0 aliphatic rings. The molecule has 3 N–H and O–H groups in total. The first-order valence-corrected chi connectivity index (χ1v) is 7.08. The number of carbonyl (C=O) groups is 2. The van der Waals surface area contributed by atoms with E-state index in [9.17, 15) is 9.59 Å². The molecular weight excluding hydrogens is 312 g/mol. The van der Waals surface area contributed by atoms with Gasteiger partial charge in [0.15, 0.2) is 6.61 Å². The van der Waals surface area contributed by atoms with Gasteiger partial charge in [-0.3, -0.25) is 9.59 Å². The molecule has 0 atom stereocenters. The van der Waals surface area contributed by atoms with Crippen molar-refractivity contribution in [3.05, 3.63) is 48.0 Å². The van der Waals surface area contributed by atoms with E-state index < -0.39 is 11.8 Å². The van der Waals surface area contributed by atoms with Crippen LogP contribution in [0.1, 0.15) is 10.4 Å². The van der Waals surface area contributed by atoms with Crippen LogP contribution in [0, 0.1) is 0 Å². The standard InChI is InChI=1S/C17H18N2O5/c1-22-11-7-8-15(23-2)13(9-11)19-16(20)10-24-14-6-4-3-5-12(14)17(18)21/h3-9H,10H2,1-2H3,(H2,18,21)(H,19,20). The maximum absolute atomic E-state index is 12.1. The smallest absolute Gasteiger partial charge is 0.262 e. The highest BCUT2D eigenvalue weighted by Crippen LogP contribution is 2.28. The second kappa shape index (κ2) is 7.87. The molecule has 0 spiro atoms. The van der Waals surface area contributed by atoms with Crippen molar-refractivity contribution in [1.82, 2.24) is 0 Å². The van der Waals surface area contributed by atoms with Crippen LogP contribution < -0.4 is 25.3 Å². The van der Waals surface area contributed by atoms with Crippen molar-refractivity contribution in [2.24, 2.45) is 5.73 Å². The Morgan fingerprint density at radius 2 is 1.79 bits per heavy atom. The van der Waals surface area contributed by atoms with Gasteiger partial charge in [-0.2, -0.15) is 0 Å². The molecule has 0 aliphatic heterocycles. The van der Waals surface area contributed by atoms with Crippen molar-refractivity contribution >= 4 is 17.5 Å². The molecule has 126 valence electrons. The Kier molecular flexibility index (Phi) is 5.62. The summed E-state index contributed by atoms with van der Waals surface area (Å²) in [6, 6.07) is 11.5. The van der Waals surface area contributed by atoms with Crippen molar-refractivity contribution < 1.29 is 23.8 Å². The Morgan fingerprint density at radius 1 is 1.04 bits per heavy atom. The van der Waals surface area contributed by atoms with Gasteiger partial charge in [-0.05, 0) is 24.3 Å². The Bertz CT molecular complexity index is 746. The van der Waals surface area contributed by atoms with Gasteiger partial charge in [0.2, 0.25) is 0 Å². The summed E-state index contributed by atoms with van der Waals surface area (Å²) >= 11 is 0. The van der Waals surface area contributed by atoms with Gasteiger partial charge in [-0.25, -0.2) is 0 Å². The van der Waals surface area contributed by atoms with Crippen LogP contribution in [0.15, 0.2) is 42.5 Å². The van der Waals surface area contributed by atoms with Crippen molar-refractivity contribution in [2.75, 3.05) is 26.1 Å². The number of rotatable bonds is 7. The van der Waals surface area contributed by atoms with Crippen LogP contribution in [0.3, 0.4) is 0 Å². The molecule has 2 aromatic rings. The molecular formula is C17H18N2O5. The van der Waals surface area contributed by atoms with E-state index in [1.54, 1.807) is 36.4 Å². The highest BCUT2D eigenvalue weighted by molar-refractivity contribution is 5.96. The van der Waals surface area contributed by atoms with E-state index in [1.807, 2.05) is 0 Å². The SMILES string of the molecule is COc1ccc(OC)c(NC(=O)COc2ccccc2C(N)=O)c1. The van der Waals surface area contributed by atoms with E-state index in [1.165, 1.54) is 20.3 Å². The van der Waals surface area contributed by atoms with Crippen LogP contribution >= 0.6 is 0 Å². The van der Waals surface area contributed by atoms with Crippen molar-refractivity contribution in [3.63, 3.8) is 0 Å². The zero-order chi connectivity index (χ0) is 17.5. The topological polar surface area (TPSA) is 99.9 Å². The molecule has 0 heterocycles. The zero-order valence-corrected chi connectivity index (χ0v) is 13.4. The van der Waals surface area contributed by atoms with Crippen LogP contribution in [0.2, 0.25) is 0 Å². The third-order valence-corrected chi connectivity index (χ3v) is 3.19. The normalized spacial score (nSPS) is 9.92. The summed E-state index contributed by atoms with van der Waals surface area (Å²) in [4.78, 5) is 23.4. The largest absolute Gasteiger partial charge is 0.497 e. The summed E-state index contributed by atoms with van der Waals surface area (Å²) in [5.41, 5.74) is 5.93. The second-order valence-electron chi connectivity index (χ2n) is 4.76. The predicted molar refractivity (Wildman–Crippen MR) is 88.6 cm³/mol. The highest BCUT2D eigenvalue weighted by Gasteiger charge is 2.12. The van der Waals surface area contributed by atoms with Crippen LogP contribution in [0.5, 0.6) is 17.2 Å². The molecule has 0 fully saturated rings. The van der Waals surface area contributed by atoms with Gasteiger partial charge >= 0.3 is 0 Å². The van der Waals surface area contributed by atoms with Gasteiger partial charge in [-0.1, -0.05) is 12.1 Å². The number of hydrogen-bond acceptors (Lipinski definition) is 5. The monoisotopic (exact) mass is 330 g/mol. The van der Waals surface area contributed by atoms with Crippen LogP contribution in [-0.2, 0) is 4.79 Å². The summed E-state index contributed by atoms with van der Waals surface area (Å²) in [5, 5.41) is 2.67. The number of amides is 2. The molecule has 0 radical (unpaired) electrons. The number of primary amides is 1. The number of ether oxygens (including phenoxy) is 3. The average Bonchev–Trinajstić information content (AvgIpc) is 2.60. The second-order valence-corrected chi connectivity index (χ2v) is 4.76. The summed E-state index contributed by atoms with van der Waals surface area (Å²) < 4.78 is 15.7. The van der Waals surface area contributed by atoms with Crippen LogP contribution in [-0.4, -0.2) is 32.6 Å². The van der Waals surface area contributed by atoms with E-state index >= 15 is 0 Å². The van der Waals surface area contributed by atoms with Gasteiger partial charge in [0.1, 0.15) is 17.2 Å². The maximum Gasteiger partial charge on any atom is 0.262 e. The van der Waals surface area contributed by atoms with E-state index in [0.717, 1.165) is 0 Å². The van der Waals surface area contributed by atoms with Gasteiger partial charge in [0, 0.05) is 6.07 Å². The molecule has 24 heavy (non-hydrogen) atoms. The highest BCUT2D eigenvalue weighted by atomic mass is 16.5. The number of benzene rings is 2. The lowest BCUT2D eigenvalue weighted by atomic mass is 10.2. The third-order valence-electron chi connectivity index (χ3n) is 3.19. The first-order valence-electron chi connectivity index (χ1n) is 7.08. The lowest BCUT2D eigenvalue weighted by molar-refractivity contribution is -0.118. The fourth-order valence-electron chi connectivity index (χ4n) is 2.04. The van der Waals surface area contributed by atoms with E-state index in [-0.39, 0.29) is 17.9 Å². The van der Waals surface area contributed by atoms with Gasteiger partial charge < -0.3 is 25.3 Å².